The second-order valence-corrected chi connectivity index (χ2v) is 4.80. The molecule has 0 spiro atoms. The van der Waals surface area contributed by atoms with Crippen LogP contribution in [-0.4, -0.2) is 41.5 Å². The maximum Gasteiger partial charge on any atom is 0.116 e. The van der Waals surface area contributed by atoms with Crippen molar-refractivity contribution in [2.75, 3.05) is 32.4 Å². The Labute approximate surface area is 106 Å². The van der Waals surface area contributed by atoms with Crippen LogP contribution in [0.5, 0.6) is 0 Å². The number of hydrogen-bond donors (Lipinski definition) is 2. The van der Waals surface area contributed by atoms with Crippen molar-refractivity contribution in [2.45, 2.75) is 6.04 Å². The van der Waals surface area contributed by atoms with E-state index in [0.29, 0.717) is 0 Å². The number of rotatable bonds is 1. The molecule has 0 saturated carbocycles. The SMILES string of the molecule is CN1CCNC(c2ncnc3ccc(N)cc23)C1. The number of nitrogens with two attached hydrogens (primary N) is 1. The number of nitrogen functional groups attached to an aromatic ring is 1. The molecule has 0 bridgehead atoms. The van der Waals surface area contributed by atoms with Crippen molar-refractivity contribution < 1.29 is 0 Å². The molecule has 3 rings (SSSR count). The number of benzene rings is 1. The van der Waals surface area contributed by atoms with E-state index < -0.39 is 0 Å². The summed E-state index contributed by atoms with van der Waals surface area (Å²) in [4.78, 5) is 11.0. The minimum Gasteiger partial charge on any atom is -0.399 e. The fraction of sp³-hybridized carbons (Fsp3) is 0.385. The Morgan fingerprint density at radius 3 is 3.11 bits per heavy atom. The summed E-state index contributed by atoms with van der Waals surface area (Å²) in [6, 6.07) is 6.03. The molecule has 1 aliphatic rings. The molecule has 5 nitrogen and oxygen atoms in total. The van der Waals surface area contributed by atoms with Gasteiger partial charge in [0.1, 0.15) is 6.33 Å². The molecule has 1 aromatic carbocycles. The molecule has 0 radical (unpaired) electrons. The predicted octanol–water partition coefficient (Wildman–Crippen LogP) is 0.788. The number of nitrogens with zero attached hydrogens (tertiary/aromatic N) is 3. The maximum atomic E-state index is 5.86. The molecule has 1 saturated heterocycles. The minimum absolute atomic E-state index is 0.246. The number of piperazine rings is 1. The third-order valence-corrected chi connectivity index (χ3v) is 3.40. The van der Waals surface area contributed by atoms with Crippen LogP contribution in [0.15, 0.2) is 24.5 Å². The van der Waals surface area contributed by atoms with E-state index in [4.69, 9.17) is 5.73 Å². The van der Waals surface area contributed by atoms with Gasteiger partial charge in [0.2, 0.25) is 0 Å². The second kappa shape index (κ2) is 4.51. The summed E-state index contributed by atoms with van der Waals surface area (Å²) in [6.07, 6.45) is 1.63. The first-order chi connectivity index (χ1) is 8.74. The number of fused-ring (bicyclic) bond motifs is 1. The molecule has 1 fully saturated rings. The molecule has 1 aliphatic heterocycles. The average molecular weight is 243 g/mol. The first-order valence-corrected chi connectivity index (χ1v) is 6.16. The standard InChI is InChI=1S/C13H17N5/c1-18-5-4-15-12(7-18)13-10-6-9(14)2-3-11(10)16-8-17-13/h2-3,6,8,12,15H,4-5,7,14H2,1H3. The van der Waals surface area contributed by atoms with Crippen LogP contribution in [0.3, 0.4) is 0 Å². The molecular formula is C13H17N5. The second-order valence-electron chi connectivity index (χ2n) is 4.80. The lowest BCUT2D eigenvalue weighted by Crippen LogP contribution is -2.44. The summed E-state index contributed by atoms with van der Waals surface area (Å²) in [7, 11) is 2.13. The fourth-order valence-electron chi connectivity index (χ4n) is 2.45. The van der Waals surface area contributed by atoms with Crippen molar-refractivity contribution in [3.05, 3.63) is 30.2 Å². The highest BCUT2D eigenvalue weighted by Crippen LogP contribution is 2.24. The van der Waals surface area contributed by atoms with Crippen LogP contribution in [0.1, 0.15) is 11.7 Å². The third-order valence-electron chi connectivity index (χ3n) is 3.40. The zero-order valence-corrected chi connectivity index (χ0v) is 10.4. The Morgan fingerprint density at radius 2 is 2.28 bits per heavy atom. The Balaban J connectivity index is 2.07. The Hall–Kier alpha value is -1.72. The molecule has 3 N–H and O–H groups in total. The van der Waals surface area contributed by atoms with Gasteiger partial charge in [0.05, 0.1) is 17.3 Å². The predicted molar refractivity (Wildman–Crippen MR) is 72.2 cm³/mol. The van der Waals surface area contributed by atoms with Crippen molar-refractivity contribution >= 4 is 16.6 Å². The summed E-state index contributed by atoms with van der Waals surface area (Å²) in [5.41, 5.74) is 8.60. The highest BCUT2D eigenvalue weighted by molar-refractivity contribution is 5.84. The molecule has 1 unspecified atom stereocenters. The molecule has 2 aromatic rings. The molecule has 0 aliphatic carbocycles. The van der Waals surface area contributed by atoms with Crippen LogP contribution in [0.25, 0.3) is 10.9 Å². The van der Waals surface area contributed by atoms with Crippen molar-refractivity contribution in [3.8, 4) is 0 Å². The lowest BCUT2D eigenvalue weighted by Gasteiger charge is -2.30. The summed E-state index contributed by atoms with van der Waals surface area (Å²) in [6.45, 7) is 3.01. The van der Waals surface area contributed by atoms with Gasteiger partial charge >= 0.3 is 0 Å². The summed E-state index contributed by atoms with van der Waals surface area (Å²) < 4.78 is 0. The maximum absolute atomic E-state index is 5.86. The van der Waals surface area contributed by atoms with Gasteiger partial charge in [-0.15, -0.1) is 0 Å². The van der Waals surface area contributed by atoms with E-state index in [1.807, 2.05) is 18.2 Å². The summed E-state index contributed by atoms with van der Waals surface area (Å²) >= 11 is 0. The first-order valence-electron chi connectivity index (χ1n) is 6.16. The quantitative estimate of drug-likeness (QED) is 0.725. The van der Waals surface area contributed by atoms with Gasteiger partial charge in [-0.2, -0.15) is 0 Å². The lowest BCUT2D eigenvalue weighted by atomic mass is 10.1. The number of anilines is 1. The monoisotopic (exact) mass is 243 g/mol. The van der Waals surface area contributed by atoms with Gasteiger partial charge in [0.15, 0.2) is 0 Å². The summed E-state index contributed by atoms with van der Waals surface area (Å²) in [5, 5.41) is 4.55. The fourth-order valence-corrected chi connectivity index (χ4v) is 2.45. The van der Waals surface area contributed by atoms with Gasteiger partial charge in [-0.25, -0.2) is 9.97 Å². The zero-order chi connectivity index (χ0) is 12.5. The third kappa shape index (κ3) is 2.02. The largest absolute Gasteiger partial charge is 0.399 e. The van der Waals surface area contributed by atoms with E-state index >= 15 is 0 Å². The molecule has 5 heteroatoms. The molecular weight excluding hydrogens is 226 g/mol. The normalized spacial score (nSPS) is 21.3. The van der Waals surface area contributed by atoms with E-state index in [0.717, 1.165) is 41.9 Å². The van der Waals surface area contributed by atoms with Crippen LogP contribution in [0, 0.1) is 0 Å². The number of hydrogen-bond acceptors (Lipinski definition) is 5. The smallest absolute Gasteiger partial charge is 0.116 e. The van der Waals surface area contributed by atoms with Crippen molar-refractivity contribution in [3.63, 3.8) is 0 Å². The molecule has 0 amide bonds. The Bertz CT molecular complexity index is 568. The van der Waals surface area contributed by atoms with Crippen molar-refractivity contribution in [1.29, 1.82) is 0 Å². The van der Waals surface area contributed by atoms with Crippen molar-refractivity contribution in [2.24, 2.45) is 0 Å². The number of nitrogens with one attached hydrogen (secondary N) is 1. The van der Waals surface area contributed by atoms with Crippen LogP contribution in [0.4, 0.5) is 5.69 Å². The van der Waals surface area contributed by atoms with Gasteiger partial charge < -0.3 is 16.0 Å². The molecule has 2 heterocycles. The van der Waals surface area contributed by atoms with Crippen LogP contribution >= 0.6 is 0 Å². The number of aromatic nitrogens is 2. The molecule has 94 valence electrons. The van der Waals surface area contributed by atoms with Gasteiger partial charge in [-0.3, -0.25) is 0 Å². The highest BCUT2D eigenvalue weighted by atomic mass is 15.2. The molecule has 1 atom stereocenters. The van der Waals surface area contributed by atoms with E-state index in [-0.39, 0.29) is 6.04 Å². The minimum atomic E-state index is 0.246. The first kappa shape index (κ1) is 11.4. The van der Waals surface area contributed by atoms with Crippen LogP contribution in [-0.2, 0) is 0 Å². The van der Waals surface area contributed by atoms with E-state index in [1.165, 1.54) is 0 Å². The van der Waals surface area contributed by atoms with E-state index in [2.05, 4.69) is 27.2 Å². The van der Waals surface area contributed by atoms with Crippen LogP contribution in [0.2, 0.25) is 0 Å². The van der Waals surface area contributed by atoms with Gasteiger partial charge in [-0.1, -0.05) is 0 Å². The van der Waals surface area contributed by atoms with Crippen molar-refractivity contribution in [1.82, 2.24) is 20.2 Å². The van der Waals surface area contributed by atoms with Gasteiger partial charge in [-0.05, 0) is 25.2 Å². The van der Waals surface area contributed by atoms with Crippen LogP contribution < -0.4 is 11.1 Å². The van der Waals surface area contributed by atoms with E-state index in [9.17, 15) is 0 Å². The molecule has 1 aromatic heterocycles. The zero-order valence-electron chi connectivity index (χ0n) is 10.4. The van der Waals surface area contributed by atoms with Gasteiger partial charge in [0.25, 0.3) is 0 Å². The lowest BCUT2D eigenvalue weighted by molar-refractivity contribution is 0.239. The molecule has 18 heavy (non-hydrogen) atoms. The van der Waals surface area contributed by atoms with E-state index in [1.54, 1.807) is 6.33 Å². The Kier molecular flexibility index (Phi) is 2.85. The topological polar surface area (TPSA) is 67.1 Å². The highest BCUT2D eigenvalue weighted by Gasteiger charge is 2.21. The summed E-state index contributed by atoms with van der Waals surface area (Å²) in [5.74, 6) is 0. The average Bonchev–Trinajstić information content (AvgIpc) is 2.38. The van der Waals surface area contributed by atoms with Gasteiger partial charge in [0, 0.05) is 30.7 Å². The Morgan fingerprint density at radius 1 is 1.39 bits per heavy atom. The number of likely N-dealkylation sites (N-methyl/N-ethyl adjacent to an activating group) is 1.